The number of hydrogen-bond acceptors (Lipinski definition) is 6. The Balaban J connectivity index is 1.63. The van der Waals surface area contributed by atoms with Gasteiger partial charge in [-0.05, 0) is 45.6 Å². The third kappa shape index (κ3) is 4.42. The highest BCUT2D eigenvalue weighted by Gasteiger charge is 2.72. The number of carbonyl (C=O) groups is 3. The number of thioether (sulfide) groups is 1. The van der Waals surface area contributed by atoms with Gasteiger partial charge in [0.05, 0.1) is 35.8 Å². The van der Waals surface area contributed by atoms with Crippen LogP contribution in [0.3, 0.4) is 0 Å². The van der Waals surface area contributed by atoms with Crippen molar-refractivity contribution >= 4 is 29.5 Å². The highest BCUT2D eigenvalue weighted by molar-refractivity contribution is 8.02. The molecule has 1 aromatic carbocycles. The van der Waals surface area contributed by atoms with Crippen molar-refractivity contribution in [2.45, 2.75) is 67.7 Å². The molecular formula is C29H36N2O5S. The Labute approximate surface area is 222 Å². The van der Waals surface area contributed by atoms with E-state index in [0.29, 0.717) is 19.6 Å². The molecule has 198 valence electrons. The zero-order chi connectivity index (χ0) is 26.4. The lowest BCUT2D eigenvalue weighted by Gasteiger charge is -2.42. The van der Waals surface area contributed by atoms with Crippen molar-refractivity contribution in [3.05, 3.63) is 60.2 Å². The molecule has 1 aromatic rings. The molecule has 1 N–H and O–H groups in total. The average Bonchev–Trinajstić information content (AvgIpc) is 3.27. The number of esters is 1. The number of fused-ring (bicyclic) bond motifs is 2. The molecule has 4 aliphatic rings. The third-order valence-corrected chi connectivity index (χ3v) is 9.76. The standard InChI is InChI=1S/C29H36N2O5S/c1-28(2,3)30-15-10-14-29-23(22-21(37-29)13-8-5-9-16-36-27(22)35)25(33)31(24(29)26(30)34)20(18-32)17-19-11-6-4-7-12-19/h4,6-8,10-14,20-24,32H,5,9,15-18H2,1-3H3/b13-8-/t20-,21+,22-,23+,24?,29+/m1/s1. The van der Waals surface area contributed by atoms with Gasteiger partial charge in [0.1, 0.15) is 6.04 Å². The van der Waals surface area contributed by atoms with Gasteiger partial charge in [0.15, 0.2) is 0 Å². The van der Waals surface area contributed by atoms with Crippen molar-refractivity contribution in [2.24, 2.45) is 11.8 Å². The second-order valence-electron chi connectivity index (χ2n) is 11.4. The molecule has 0 aliphatic carbocycles. The van der Waals surface area contributed by atoms with E-state index in [9.17, 15) is 19.5 Å². The Bertz CT molecular complexity index is 1110. The number of hydrogen-bond donors (Lipinski definition) is 1. The number of nitrogens with zero attached hydrogens (tertiary/aromatic N) is 2. The first-order chi connectivity index (χ1) is 17.7. The number of aliphatic hydroxyl groups excluding tert-OH is 1. The summed E-state index contributed by atoms with van der Waals surface area (Å²) in [6, 6.07) is 8.26. The van der Waals surface area contributed by atoms with E-state index in [-0.39, 0.29) is 29.6 Å². The molecule has 8 heteroatoms. The van der Waals surface area contributed by atoms with Gasteiger partial charge < -0.3 is 19.6 Å². The molecule has 0 bridgehead atoms. The number of allylic oxidation sites excluding steroid dienone is 1. The Morgan fingerprint density at radius 1 is 1.14 bits per heavy atom. The van der Waals surface area contributed by atoms with E-state index in [2.05, 4.69) is 6.08 Å². The molecule has 37 heavy (non-hydrogen) atoms. The van der Waals surface area contributed by atoms with Gasteiger partial charge in [-0.1, -0.05) is 54.6 Å². The lowest BCUT2D eigenvalue weighted by atomic mass is 9.78. The largest absolute Gasteiger partial charge is 0.465 e. The van der Waals surface area contributed by atoms with Gasteiger partial charge in [-0.25, -0.2) is 0 Å². The number of aliphatic hydroxyl groups is 1. The summed E-state index contributed by atoms with van der Waals surface area (Å²) < 4.78 is 4.71. The first-order valence-corrected chi connectivity index (χ1v) is 14.0. The third-order valence-electron chi connectivity index (χ3n) is 8.02. The van der Waals surface area contributed by atoms with Crippen LogP contribution in [-0.2, 0) is 25.5 Å². The lowest BCUT2D eigenvalue weighted by Crippen LogP contribution is -2.59. The van der Waals surface area contributed by atoms with Crippen molar-refractivity contribution in [3.63, 3.8) is 0 Å². The summed E-state index contributed by atoms with van der Waals surface area (Å²) in [5.41, 5.74) is 0.510. The zero-order valence-corrected chi connectivity index (χ0v) is 22.5. The molecule has 6 atom stereocenters. The summed E-state index contributed by atoms with van der Waals surface area (Å²) in [6.45, 7) is 6.43. The SMILES string of the molecule is CC(C)(C)N1CC=C[C@]23S[C@H]4/C=C\CCCOC(=O)[C@H]4[C@H]2C(=O)N([C@@H](CO)Cc2ccccc2)C3C1=O. The normalized spacial score (nSPS) is 33.5. The van der Waals surface area contributed by atoms with Crippen LogP contribution in [0, 0.1) is 11.8 Å². The average molecular weight is 525 g/mol. The molecule has 1 spiro atoms. The molecule has 7 nitrogen and oxygen atoms in total. The second kappa shape index (κ2) is 9.95. The topological polar surface area (TPSA) is 87.2 Å². The summed E-state index contributed by atoms with van der Waals surface area (Å²) in [6.07, 6.45) is 10.0. The van der Waals surface area contributed by atoms with E-state index >= 15 is 0 Å². The first-order valence-electron chi connectivity index (χ1n) is 13.2. The van der Waals surface area contributed by atoms with Gasteiger partial charge in [0.25, 0.3) is 0 Å². The van der Waals surface area contributed by atoms with E-state index < -0.39 is 34.2 Å². The van der Waals surface area contributed by atoms with E-state index in [1.165, 1.54) is 11.8 Å². The van der Waals surface area contributed by atoms with Gasteiger partial charge >= 0.3 is 5.97 Å². The highest BCUT2D eigenvalue weighted by atomic mass is 32.2. The highest BCUT2D eigenvalue weighted by Crippen LogP contribution is 2.61. The fraction of sp³-hybridized carbons (Fsp3) is 0.552. The summed E-state index contributed by atoms with van der Waals surface area (Å²) in [5, 5.41) is 10.3. The van der Waals surface area contributed by atoms with Gasteiger partial charge in [0, 0.05) is 17.3 Å². The summed E-state index contributed by atoms with van der Waals surface area (Å²) in [5.74, 6) is -2.20. The van der Waals surface area contributed by atoms with Gasteiger partial charge in [-0.3, -0.25) is 14.4 Å². The molecule has 0 aromatic heterocycles. The van der Waals surface area contributed by atoms with E-state index in [1.807, 2.05) is 74.2 Å². The Kier molecular flexibility index (Phi) is 7.00. The Hall–Kier alpha value is -2.58. The lowest BCUT2D eigenvalue weighted by molar-refractivity contribution is -0.153. The first kappa shape index (κ1) is 26.0. The van der Waals surface area contributed by atoms with Crippen molar-refractivity contribution in [1.29, 1.82) is 0 Å². The van der Waals surface area contributed by atoms with E-state index in [4.69, 9.17) is 4.74 Å². The molecule has 5 rings (SSSR count). The minimum atomic E-state index is -0.920. The smallest absolute Gasteiger partial charge is 0.311 e. The van der Waals surface area contributed by atoms with E-state index in [1.54, 1.807) is 4.90 Å². The number of carbonyl (C=O) groups excluding carboxylic acids is 3. The number of ether oxygens (including phenoxy) is 1. The van der Waals surface area contributed by atoms with Crippen LogP contribution in [0.4, 0.5) is 0 Å². The van der Waals surface area contributed by atoms with Crippen LogP contribution in [0.25, 0.3) is 0 Å². The summed E-state index contributed by atoms with van der Waals surface area (Å²) >= 11 is 1.54. The maximum atomic E-state index is 14.4. The maximum Gasteiger partial charge on any atom is 0.311 e. The minimum absolute atomic E-state index is 0.142. The molecule has 0 radical (unpaired) electrons. The van der Waals surface area contributed by atoms with Crippen LogP contribution in [0.1, 0.15) is 39.2 Å². The Morgan fingerprint density at radius 2 is 1.89 bits per heavy atom. The van der Waals surface area contributed by atoms with Crippen LogP contribution in [0.15, 0.2) is 54.6 Å². The minimum Gasteiger partial charge on any atom is -0.465 e. The molecule has 2 saturated heterocycles. The monoisotopic (exact) mass is 524 g/mol. The van der Waals surface area contributed by atoms with Crippen LogP contribution >= 0.6 is 11.8 Å². The number of rotatable bonds is 4. The van der Waals surface area contributed by atoms with Crippen molar-refractivity contribution in [3.8, 4) is 0 Å². The van der Waals surface area contributed by atoms with Crippen molar-refractivity contribution in [1.82, 2.24) is 9.80 Å². The second-order valence-corrected chi connectivity index (χ2v) is 12.9. The molecule has 2 fully saturated rings. The number of amides is 2. The van der Waals surface area contributed by atoms with Gasteiger partial charge in [0.2, 0.25) is 11.8 Å². The molecule has 0 saturated carbocycles. The van der Waals surface area contributed by atoms with Gasteiger partial charge in [-0.2, -0.15) is 0 Å². The quantitative estimate of drug-likeness (QED) is 0.482. The molecule has 2 amide bonds. The molecular weight excluding hydrogens is 488 g/mol. The maximum absolute atomic E-state index is 14.4. The predicted octanol–water partition coefficient (Wildman–Crippen LogP) is 2.98. The van der Waals surface area contributed by atoms with Crippen LogP contribution in [0.5, 0.6) is 0 Å². The van der Waals surface area contributed by atoms with Gasteiger partial charge in [-0.15, -0.1) is 11.8 Å². The zero-order valence-electron chi connectivity index (χ0n) is 21.7. The number of cyclic esters (lactones) is 1. The Morgan fingerprint density at radius 3 is 2.59 bits per heavy atom. The fourth-order valence-corrected chi connectivity index (χ4v) is 8.31. The number of benzene rings is 1. The molecule has 1 unspecified atom stereocenters. The summed E-state index contributed by atoms with van der Waals surface area (Å²) in [4.78, 5) is 45.6. The van der Waals surface area contributed by atoms with Crippen LogP contribution < -0.4 is 0 Å². The molecule has 4 heterocycles. The molecule has 4 aliphatic heterocycles. The summed E-state index contributed by atoms with van der Waals surface area (Å²) in [7, 11) is 0. The predicted molar refractivity (Wildman–Crippen MR) is 143 cm³/mol. The van der Waals surface area contributed by atoms with Crippen molar-refractivity contribution < 1.29 is 24.2 Å². The number of likely N-dealkylation sites (tertiary alicyclic amines) is 1. The van der Waals surface area contributed by atoms with Crippen molar-refractivity contribution in [2.75, 3.05) is 19.8 Å². The van der Waals surface area contributed by atoms with Crippen LogP contribution in [0.2, 0.25) is 0 Å². The fourth-order valence-electron chi connectivity index (χ4n) is 6.33. The van der Waals surface area contributed by atoms with Crippen LogP contribution in [-0.4, -0.2) is 80.1 Å². The van der Waals surface area contributed by atoms with E-state index in [0.717, 1.165) is 18.4 Å².